The maximum absolute atomic E-state index is 14.0. The van der Waals surface area contributed by atoms with Gasteiger partial charge >= 0.3 is 5.97 Å². The van der Waals surface area contributed by atoms with Crippen LogP contribution in [0.5, 0.6) is 0 Å². The van der Waals surface area contributed by atoms with E-state index in [9.17, 15) is 9.18 Å². The first-order valence-electron chi connectivity index (χ1n) is 4.78. The first kappa shape index (κ1) is 13.3. The molecule has 1 N–H and O–H groups in total. The van der Waals surface area contributed by atoms with E-state index in [-0.39, 0.29) is 33.9 Å². The van der Waals surface area contributed by atoms with Crippen molar-refractivity contribution in [1.82, 2.24) is 0 Å². The van der Waals surface area contributed by atoms with Crippen LogP contribution in [0.1, 0.15) is 16.1 Å². The molecule has 0 bridgehead atoms. The maximum atomic E-state index is 14.0. The molecule has 2 rings (SSSR count). The molecule has 1 heterocycles. The van der Waals surface area contributed by atoms with Gasteiger partial charge in [0.2, 0.25) is 5.76 Å². The van der Waals surface area contributed by atoms with Gasteiger partial charge in [-0.05, 0) is 22.0 Å². The summed E-state index contributed by atoms with van der Waals surface area (Å²) in [4.78, 5) is 11.1. The number of fused-ring (bicyclic) bond motifs is 1. The van der Waals surface area contributed by atoms with Crippen molar-refractivity contribution < 1.29 is 23.4 Å². The van der Waals surface area contributed by atoms with Gasteiger partial charge in [-0.15, -0.1) is 0 Å². The number of carbonyl (C=O) groups is 1. The fraction of sp³-hybridized carbons (Fsp3) is 0.182. The summed E-state index contributed by atoms with van der Waals surface area (Å²) in [6, 6.07) is 1.31. The van der Waals surface area contributed by atoms with Crippen LogP contribution < -0.4 is 0 Å². The van der Waals surface area contributed by atoms with Gasteiger partial charge in [-0.3, -0.25) is 0 Å². The second-order valence-corrected chi connectivity index (χ2v) is 4.77. The monoisotopic (exact) mass is 336 g/mol. The van der Waals surface area contributed by atoms with Crippen molar-refractivity contribution in [2.75, 3.05) is 7.11 Å². The van der Waals surface area contributed by atoms with Crippen LogP contribution in [0, 0.1) is 5.82 Å². The zero-order valence-corrected chi connectivity index (χ0v) is 11.4. The quantitative estimate of drug-likeness (QED) is 0.865. The van der Waals surface area contributed by atoms with Crippen LogP contribution >= 0.6 is 27.5 Å². The lowest BCUT2D eigenvalue weighted by Crippen LogP contribution is -2.00. The summed E-state index contributed by atoms with van der Waals surface area (Å²) in [6.45, 7) is -0.0850. The SMILES string of the molecule is COCc1c(C(=O)O)oc2c(Br)cc(Cl)c(F)c12. The molecule has 0 saturated carbocycles. The predicted molar refractivity (Wildman–Crippen MR) is 66.6 cm³/mol. The van der Waals surface area contributed by atoms with Crippen LogP contribution in [0.3, 0.4) is 0 Å². The van der Waals surface area contributed by atoms with Crippen LogP contribution in [-0.4, -0.2) is 18.2 Å². The second kappa shape index (κ2) is 4.87. The predicted octanol–water partition coefficient (Wildman–Crippen LogP) is 3.83. The smallest absolute Gasteiger partial charge is 0.372 e. The maximum Gasteiger partial charge on any atom is 0.372 e. The van der Waals surface area contributed by atoms with Crippen molar-refractivity contribution in [2.24, 2.45) is 0 Å². The number of rotatable bonds is 3. The van der Waals surface area contributed by atoms with Crippen molar-refractivity contribution >= 4 is 44.5 Å². The zero-order valence-electron chi connectivity index (χ0n) is 9.09. The summed E-state index contributed by atoms with van der Waals surface area (Å²) in [6.07, 6.45) is 0. The van der Waals surface area contributed by atoms with Crippen molar-refractivity contribution in [2.45, 2.75) is 6.61 Å². The molecule has 1 aromatic heterocycles. The Morgan fingerprint density at radius 1 is 1.67 bits per heavy atom. The van der Waals surface area contributed by atoms with E-state index in [1.54, 1.807) is 0 Å². The van der Waals surface area contributed by atoms with E-state index in [4.69, 9.17) is 25.9 Å². The summed E-state index contributed by atoms with van der Waals surface area (Å²) < 4.78 is 24.4. The van der Waals surface area contributed by atoms with E-state index in [2.05, 4.69) is 15.9 Å². The molecular weight excluding hydrogens is 330 g/mol. The molecule has 0 fully saturated rings. The lowest BCUT2D eigenvalue weighted by atomic mass is 10.1. The van der Waals surface area contributed by atoms with Gasteiger partial charge in [0.1, 0.15) is 0 Å². The van der Waals surface area contributed by atoms with E-state index < -0.39 is 11.8 Å². The van der Waals surface area contributed by atoms with E-state index in [0.29, 0.717) is 4.47 Å². The molecular formula is C11H7BrClFO4. The number of furan rings is 1. The number of aromatic carboxylic acids is 1. The molecule has 0 aliphatic carbocycles. The van der Waals surface area contributed by atoms with Crippen LogP contribution in [-0.2, 0) is 11.3 Å². The molecule has 0 atom stereocenters. The highest BCUT2D eigenvalue weighted by atomic mass is 79.9. The molecule has 0 amide bonds. The number of hydrogen-bond acceptors (Lipinski definition) is 3. The molecule has 0 spiro atoms. The van der Waals surface area contributed by atoms with E-state index in [1.165, 1.54) is 13.2 Å². The van der Waals surface area contributed by atoms with Crippen LogP contribution in [0.25, 0.3) is 11.0 Å². The summed E-state index contributed by atoms with van der Waals surface area (Å²) in [5, 5.41) is 8.93. The minimum atomic E-state index is -1.29. The average Bonchev–Trinajstić information content (AvgIpc) is 2.67. The van der Waals surface area contributed by atoms with E-state index in [0.717, 1.165) is 0 Å². The van der Waals surface area contributed by atoms with Gasteiger partial charge in [0.25, 0.3) is 0 Å². The van der Waals surface area contributed by atoms with Gasteiger partial charge < -0.3 is 14.3 Å². The summed E-state index contributed by atoms with van der Waals surface area (Å²) in [7, 11) is 1.38. The molecule has 4 nitrogen and oxygen atoms in total. The molecule has 0 aliphatic rings. The fourth-order valence-corrected chi connectivity index (χ4v) is 2.52. The lowest BCUT2D eigenvalue weighted by Gasteiger charge is -2.01. The molecule has 1 aromatic carbocycles. The topological polar surface area (TPSA) is 59.7 Å². The molecule has 18 heavy (non-hydrogen) atoms. The summed E-state index contributed by atoms with van der Waals surface area (Å²) in [5.74, 6) is -2.37. The van der Waals surface area contributed by atoms with Crippen molar-refractivity contribution in [3.8, 4) is 0 Å². The minimum absolute atomic E-state index is 0.0219. The molecule has 0 unspecified atom stereocenters. The Kier molecular flexibility index (Phi) is 3.61. The molecule has 2 aromatic rings. The summed E-state index contributed by atoms with van der Waals surface area (Å²) in [5.41, 5.74) is 0.224. The van der Waals surface area contributed by atoms with E-state index >= 15 is 0 Å². The van der Waals surface area contributed by atoms with Crippen LogP contribution in [0.4, 0.5) is 4.39 Å². The lowest BCUT2D eigenvalue weighted by molar-refractivity contribution is 0.0658. The van der Waals surface area contributed by atoms with Gasteiger partial charge in [-0.2, -0.15) is 0 Å². The van der Waals surface area contributed by atoms with Crippen LogP contribution in [0.15, 0.2) is 15.0 Å². The molecule has 0 saturated heterocycles. The number of carboxylic acid groups (broad SMARTS) is 1. The number of hydrogen-bond donors (Lipinski definition) is 1. The summed E-state index contributed by atoms with van der Waals surface area (Å²) >= 11 is 8.87. The normalized spacial score (nSPS) is 11.1. The van der Waals surface area contributed by atoms with Crippen molar-refractivity contribution in [3.63, 3.8) is 0 Å². The molecule has 0 radical (unpaired) electrons. The molecule has 0 aliphatic heterocycles. The highest BCUT2D eigenvalue weighted by molar-refractivity contribution is 9.10. The number of carboxylic acids is 1. The standard InChI is InChI=1S/C11H7BrClFO4/c1-17-3-4-7-8(14)6(13)2-5(12)10(7)18-9(4)11(15)16/h2H,3H2,1H3,(H,15,16). The van der Waals surface area contributed by atoms with E-state index in [1.807, 2.05) is 0 Å². The zero-order chi connectivity index (χ0) is 13.4. The Hall–Kier alpha value is -1.11. The Balaban J connectivity index is 2.90. The second-order valence-electron chi connectivity index (χ2n) is 3.51. The Labute approximate surface area is 114 Å². The number of ether oxygens (including phenoxy) is 1. The van der Waals surface area contributed by atoms with Crippen LogP contribution in [0.2, 0.25) is 5.02 Å². The fourth-order valence-electron chi connectivity index (χ4n) is 1.68. The largest absolute Gasteiger partial charge is 0.475 e. The highest BCUT2D eigenvalue weighted by Gasteiger charge is 2.25. The van der Waals surface area contributed by atoms with Crippen molar-refractivity contribution in [1.29, 1.82) is 0 Å². The average molecular weight is 338 g/mol. The van der Waals surface area contributed by atoms with Gasteiger partial charge in [-0.25, -0.2) is 9.18 Å². The Morgan fingerprint density at radius 2 is 2.33 bits per heavy atom. The van der Waals surface area contributed by atoms with Gasteiger partial charge in [0, 0.05) is 12.7 Å². The first-order valence-corrected chi connectivity index (χ1v) is 5.95. The number of halogens is 3. The van der Waals surface area contributed by atoms with Gasteiger partial charge in [-0.1, -0.05) is 11.6 Å². The number of benzene rings is 1. The van der Waals surface area contributed by atoms with Gasteiger partial charge in [0.05, 0.1) is 21.5 Å². The Bertz CT molecular complexity index is 638. The minimum Gasteiger partial charge on any atom is -0.475 e. The third-order valence-electron chi connectivity index (χ3n) is 2.39. The van der Waals surface area contributed by atoms with Gasteiger partial charge in [0.15, 0.2) is 11.4 Å². The molecule has 96 valence electrons. The third-order valence-corrected chi connectivity index (χ3v) is 3.25. The third kappa shape index (κ3) is 2.00. The van der Waals surface area contributed by atoms with Crippen molar-refractivity contribution in [3.05, 3.63) is 32.7 Å². The Morgan fingerprint density at radius 3 is 2.89 bits per heavy atom. The first-order chi connectivity index (χ1) is 8.47. The number of methoxy groups -OCH3 is 1. The highest BCUT2D eigenvalue weighted by Crippen LogP contribution is 2.37. The molecule has 7 heteroatoms.